The second-order valence-electron chi connectivity index (χ2n) is 3.42. The van der Waals surface area contributed by atoms with Crippen molar-refractivity contribution in [1.29, 1.82) is 0 Å². The maximum absolute atomic E-state index is 11.1. The monoisotopic (exact) mass is 226 g/mol. The Morgan fingerprint density at radius 1 is 1.53 bits per heavy atom. The molecule has 0 fully saturated rings. The number of hydrogen-bond donors (Lipinski definition) is 2. The molecule has 1 aromatic carbocycles. The molecule has 82 valence electrons. The summed E-state index contributed by atoms with van der Waals surface area (Å²) >= 11 is 5.96. The van der Waals surface area contributed by atoms with Crippen LogP contribution in [0.3, 0.4) is 0 Å². The summed E-state index contributed by atoms with van der Waals surface area (Å²) in [6.07, 6.45) is 0.720. The first kappa shape index (κ1) is 12.0. The third kappa shape index (κ3) is 3.90. The molecule has 0 aliphatic carbocycles. The molecule has 3 N–H and O–H groups in total. The highest BCUT2D eigenvalue weighted by atomic mass is 35.5. The largest absolute Gasteiger partial charge is 0.354 e. The van der Waals surface area contributed by atoms with E-state index in [1.54, 1.807) is 6.92 Å². The lowest BCUT2D eigenvalue weighted by molar-refractivity contribution is -0.121. The maximum Gasteiger partial charge on any atom is 0.236 e. The van der Waals surface area contributed by atoms with Crippen LogP contribution < -0.4 is 11.1 Å². The third-order valence-corrected chi connectivity index (χ3v) is 2.43. The molecule has 0 radical (unpaired) electrons. The zero-order valence-electron chi connectivity index (χ0n) is 8.66. The number of amides is 1. The van der Waals surface area contributed by atoms with Crippen molar-refractivity contribution in [2.75, 3.05) is 6.54 Å². The number of nitrogens with two attached hydrogens (primary N) is 1. The van der Waals surface area contributed by atoms with Gasteiger partial charge in [-0.2, -0.15) is 0 Å². The molecule has 3 nitrogen and oxygen atoms in total. The fourth-order valence-electron chi connectivity index (χ4n) is 1.18. The predicted molar refractivity (Wildman–Crippen MR) is 61.8 cm³/mol. The first-order chi connectivity index (χ1) is 7.11. The van der Waals surface area contributed by atoms with Gasteiger partial charge in [0.1, 0.15) is 0 Å². The van der Waals surface area contributed by atoms with Gasteiger partial charge in [0, 0.05) is 11.6 Å². The van der Waals surface area contributed by atoms with Crippen LogP contribution in [0.2, 0.25) is 5.02 Å². The van der Waals surface area contributed by atoms with E-state index in [2.05, 4.69) is 5.32 Å². The fraction of sp³-hybridized carbons (Fsp3) is 0.364. The second kappa shape index (κ2) is 5.73. The molecule has 0 aliphatic rings. The van der Waals surface area contributed by atoms with Crippen molar-refractivity contribution in [3.8, 4) is 0 Å². The Labute approximate surface area is 94.6 Å². The Balaban J connectivity index is 2.38. The lowest BCUT2D eigenvalue weighted by atomic mass is 10.1. The van der Waals surface area contributed by atoms with E-state index in [0.29, 0.717) is 6.54 Å². The topological polar surface area (TPSA) is 55.1 Å². The average Bonchev–Trinajstić information content (AvgIpc) is 2.20. The van der Waals surface area contributed by atoms with Crippen molar-refractivity contribution in [3.63, 3.8) is 0 Å². The molecular weight excluding hydrogens is 212 g/mol. The highest BCUT2D eigenvalue weighted by molar-refractivity contribution is 6.31. The van der Waals surface area contributed by atoms with E-state index in [4.69, 9.17) is 17.3 Å². The van der Waals surface area contributed by atoms with Gasteiger partial charge < -0.3 is 11.1 Å². The molecule has 15 heavy (non-hydrogen) atoms. The van der Waals surface area contributed by atoms with Crippen LogP contribution in [-0.2, 0) is 11.2 Å². The fourth-order valence-corrected chi connectivity index (χ4v) is 1.41. The molecule has 0 spiro atoms. The summed E-state index contributed by atoms with van der Waals surface area (Å²) in [6.45, 7) is 2.22. The molecule has 0 saturated heterocycles. The SMILES string of the molecule is C[C@H](N)C(=O)NCCc1ccccc1Cl. The molecule has 1 rings (SSSR count). The van der Waals surface area contributed by atoms with Crippen LogP contribution in [0, 0.1) is 0 Å². The lowest BCUT2D eigenvalue weighted by Crippen LogP contribution is -2.39. The Bertz CT molecular complexity index is 339. The summed E-state index contributed by atoms with van der Waals surface area (Å²) in [6, 6.07) is 7.13. The molecular formula is C11H15ClN2O. The normalized spacial score (nSPS) is 12.2. The summed E-state index contributed by atoms with van der Waals surface area (Å²) in [5.74, 6) is -0.137. The standard InChI is InChI=1S/C11H15ClN2O/c1-8(13)11(15)14-7-6-9-4-2-3-5-10(9)12/h2-5,8H,6-7,13H2,1H3,(H,14,15)/t8-/m0/s1. The predicted octanol–water partition coefficient (Wildman–Crippen LogP) is 1.35. The van der Waals surface area contributed by atoms with E-state index in [-0.39, 0.29) is 5.91 Å². The minimum absolute atomic E-state index is 0.137. The van der Waals surface area contributed by atoms with E-state index < -0.39 is 6.04 Å². The van der Waals surface area contributed by atoms with E-state index in [0.717, 1.165) is 17.0 Å². The first-order valence-electron chi connectivity index (χ1n) is 4.88. The Morgan fingerprint density at radius 3 is 2.80 bits per heavy atom. The molecule has 0 aliphatic heterocycles. The summed E-state index contributed by atoms with van der Waals surface area (Å²) < 4.78 is 0. The molecule has 1 atom stereocenters. The van der Waals surface area contributed by atoms with Gasteiger partial charge in [-0.25, -0.2) is 0 Å². The smallest absolute Gasteiger partial charge is 0.236 e. The quantitative estimate of drug-likeness (QED) is 0.814. The van der Waals surface area contributed by atoms with E-state index in [9.17, 15) is 4.79 Å². The van der Waals surface area contributed by atoms with E-state index in [1.165, 1.54) is 0 Å². The van der Waals surface area contributed by atoms with Crippen molar-refractivity contribution in [3.05, 3.63) is 34.9 Å². The molecule has 0 bridgehead atoms. The number of hydrogen-bond acceptors (Lipinski definition) is 2. The van der Waals surface area contributed by atoms with Crippen LogP contribution in [-0.4, -0.2) is 18.5 Å². The summed E-state index contributed by atoms with van der Waals surface area (Å²) in [7, 11) is 0. The summed E-state index contributed by atoms with van der Waals surface area (Å²) in [4.78, 5) is 11.1. The number of carbonyl (C=O) groups is 1. The first-order valence-corrected chi connectivity index (χ1v) is 5.25. The number of rotatable bonds is 4. The number of halogens is 1. The summed E-state index contributed by atoms with van der Waals surface area (Å²) in [5, 5.41) is 3.46. The lowest BCUT2D eigenvalue weighted by Gasteiger charge is -2.08. The van der Waals surface area contributed by atoms with Gasteiger partial charge in [-0.3, -0.25) is 4.79 Å². The van der Waals surface area contributed by atoms with Gasteiger partial charge in [0.05, 0.1) is 6.04 Å². The van der Waals surface area contributed by atoms with E-state index in [1.807, 2.05) is 24.3 Å². The van der Waals surface area contributed by atoms with Gasteiger partial charge in [-0.15, -0.1) is 0 Å². The van der Waals surface area contributed by atoms with Crippen molar-refractivity contribution >= 4 is 17.5 Å². The molecule has 1 aromatic rings. The van der Waals surface area contributed by atoms with Crippen LogP contribution >= 0.6 is 11.6 Å². The van der Waals surface area contributed by atoms with Crippen LogP contribution in [0.15, 0.2) is 24.3 Å². The van der Waals surface area contributed by atoms with Crippen molar-refractivity contribution in [2.45, 2.75) is 19.4 Å². The molecule has 4 heteroatoms. The van der Waals surface area contributed by atoms with Gasteiger partial charge in [-0.1, -0.05) is 29.8 Å². The minimum Gasteiger partial charge on any atom is -0.354 e. The Morgan fingerprint density at radius 2 is 2.20 bits per heavy atom. The van der Waals surface area contributed by atoms with Gasteiger partial charge >= 0.3 is 0 Å². The zero-order valence-corrected chi connectivity index (χ0v) is 9.42. The van der Waals surface area contributed by atoms with Gasteiger partial charge in [0.25, 0.3) is 0 Å². The van der Waals surface area contributed by atoms with Crippen molar-refractivity contribution in [2.24, 2.45) is 5.73 Å². The molecule has 0 heterocycles. The molecule has 0 aromatic heterocycles. The Hall–Kier alpha value is -1.06. The van der Waals surface area contributed by atoms with Crippen molar-refractivity contribution in [1.82, 2.24) is 5.32 Å². The van der Waals surface area contributed by atoms with Crippen LogP contribution in [0.25, 0.3) is 0 Å². The van der Waals surface area contributed by atoms with Gasteiger partial charge in [0.15, 0.2) is 0 Å². The molecule has 1 amide bonds. The highest BCUT2D eigenvalue weighted by Gasteiger charge is 2.06. The van der Waals surface area contributed by atoms with Crippen LogP contribution in [0.1, 0.15) is 12.5 Å². The number of benzene rings is 1. The zero-order chi connectivity index (χ0) is 11.3. The summed E-state index contributed by atoms with van der Waals surface area (Å²) in [5.41, 5.74) is 6.44. The number of carbonyl (C=O) groups excluding carboxylic acids is 1. The minimum atomic E-state index is -0.462. The highest BCUT2D eigenvalue weighted by Crippen LogP contribution is 2.14. The average molecular weight is 227 g/mol. The maximum atomic E-state index is 11.1. The van der Waals surface area contributed by atoms with Gasteiger partial charge in [0.2, 0.25) is 5.91 Å². The van der Waals surface area contributed by atoms with Crippen LogP contribution in [0.4, 0.5) is 0 Å². The van der Waals surface area contributed by atoms with Gasteiger partial charge in [-0.05, 0) is 25.0 Å². The molecule has 0 unspecified atom stereocenters. The Kier molecular flexibility index (Phi) is 4.59. The third-order valence-electron chi connectivity index (χ3n) is 2.06. The number of nitrogens with one attached hydrogen (secondary N) is 1. The van der Waals surface area contributed by atoms with Crippen molar-refractivity contribution < 1.29 is 4.79 Å². The van der Waals surface area contributed by atoms with Crippen LogP contribution in [0.5, 0.6) is 0 Å². The second-order valence-corrected chi connectivity index (χ2v) is 3.83. The van der Waals surface area contributed by atoms with E-state index >= 15 is 0 Å². The molecule has 0 saturated carbocycles.